The predicted octanol–water partition coefficient (Wildman–Crippen LogP) is 4.59. The van der Waals surface area contributed by atoms with Crippen molar-refractivity contribution < 1.29 is 27.9 Å². The van der Waals surface area contributed by atoms with Crippen molar-refractivity contribution in [2.24, 2.45) is 5.73 Å². The van der Waals surface area contributed by atoms with Gasteiger partial charge in [-0.05, 0) is 48.6 Å². The molecule has 6 heteroatoms. The molecule has 0 amide bonds. The molecule has 3 aromatic carbocycles. The molecular formula is C24H30N2O2RuS. The second kappa shape index (κ2) is 12.1. The fraction of sp³-hybridized carbons (Fsp3) is 0.250. The maximum Gasteiger partial charge on any atom is 0.209 e. The minimum absolute atomic E-state index is 0. The van der Waals surface area contributed by atoms with E-state index in [4.69, 9.17) is 5.73 Å². The standard InChI is InChI=1S/C15H18N2O2S.C9H12.Ru/c1-20(18,19)17-15(13-10-6-3-7-11-13)14(16)12-8-4-2-5-9-12;1-7-5-4-6-8(2)9(7)3;/h2-11,14-15,17H,16H2,1H3;4-6H,1-3H3;/t14-,15-;;/m0../s1. The van der Waals surface area contributed by atoms with Gasteiger partial charge in [0.05, 0.1) is 18.3 Å². The maximum absolute atomic E-state index is 11.6. The van der Waals surface area contributed by atoms with Gasteiger partial charge in [-0.3, -0.25) is 0 Å². The first-order valence-corrected chi connectivity index (χ1v) is 11.4. The van der Waals surface area contributed by atoms with Crippen molar-refractivity contribution in [1.82, 2.24) is 4.72 Å². The molecule has 30 heavy (non-hydrogen) atoms. The molecule has 0 saturated carbocycles. The Bertz CT molecular complexity index is 990. The van der Waals surface area contributed by atoms with Crippen molar-refractivity contribution in [1.29, 1.82) is 0 Å². The zero-order valence-electron chi connectivity index (χ0n) is 17.8. The van der Waals surface area contributed by atoms with Gasteiger partial charge in [0.1, 0.15) is 0 Å². The summed E-state index contributed by atoms with van der Waals surface area (Å²) in [5.74, 6) is 0. The predicted molar refractivity (Wildman–Crippen MR) is 121 cm³/mol. The molecule has 0 aliphatic carbocycles. The van der Waals surface area contributed by atoms with Crippen molar-refractivity contribution in [3.05, 3.63) is 107 Å². The molecule has 4 nitrogen and oxygen atoms in total. The zero-order chi connectivity index (χ0) is 21.4. The Labute approximate surface area is 193 Å². The topological polar surface area (TPSA) is 72.2 Å². The smallest absolute Gasteiger partial charge is 0.209 e. The molecule has 0 bridgehead atoms. The van der Waals surface area contributed by atoms with E-state index >= 15 is 0 Å². The van der Waals surface area contributed by atoms with Gasteiger partial charge in [-0.1, -0.05) is 78.9 Å². The van der Waals surface area contributed by atoms with E-state index in [0.29, 0.717) is 0 Å². The number of hydrogen-bond acceptors (Lipinski definition) is 3. The number of rotatable bonds is 5. The molecule has 0 fully saturated rings. The average molecular weight is 512 g/mol. The van der Waals surface area contributed by atoms with Crippen LogP contribution in [0, 0.1) is 20.8 Å². The molecule has 2 atom stereocenters. The Kier molecular flexibility index (Phi) is 10.6. The van der Waals surface area contributed by atoms with E-state index in [1.54, 1.807) is 0 Å². The summed E-state index contributed by atoms with van der Waals surface area (Å²) < 4.78 is 25.8. The molecular weight excluding hydrogens is 481 g/mol. The fourth-order valence-electron chi connectivity index (χ4n) is 3.01. The number of sulfonamides is 1. The average Bonchev–Trinajstić information content (AvgIpc) is 2.71. The van der Waals surface area contributed by atoms with Crippen molar-refractivity contribution in [2.45, 2.75) is 32.9 Å². The van der Waals surface area contributed by atoms with Gasteiger partial charge >= 0.3 is 0 Å². The fourth-order valence-corrected chi connectivity index (χ4v) is 3.75. The first kappa shape index (κ1) is 26.2. The van der Waals surface area contributed by atoms with Crippen molar-refractivity contribution in [2.75, 3.05) is 6.26 Å². The quantitative estimate of drug-likeness (QED) is 0.493. The monoisotopic (exact) mass is 512 g/mol. The summed E-state index contributed by atoms with van der Waals surface area (Å²) in [4.78, 5) is 0. The first-order valence-electron chi connectivity index (χ1n) is 9.54. The van der Waals surface area contributed by atoms with E-state index in [0.717, 1.165) is 17.4 Å². The van der Waals surface area contributed by atoms with Crippen molar-refractivity contribution >= 4 is 10.0 Å². The van der Waals surface area contributed by atoms with Crippen LogP contribution in [-0.2, 0) is 29.5 Å². The van der Waals surface area contributed by atoms with Crippen molar-refractivity contribution in [3.8, 4) is 0 Å². The number of nitrogens with two attached hydrogens (primary N) is 1. The van der Waals surface area contributed by atoms with Crippen LogP contribution in [-0.4, -0.2) is 14.7 Å². The van der Waals surface area contributed by atoms with Gasteiger partial charge in [0, 0.05) is 19.5 Å². The minimum Gasteiger partial charge on any atom is -0.322 e. The van der Waals surface area contributed by atoms with Gasteiger partial charge in [-0.25, -0.2) is 13.1 Å². The number of nitrogens with one attached hydrogen (secondary N) is 1. The van der Waals surface area contributed by atoms with Crippen LogP contribution in [0.2, 0.25) is 0 Å². The molecule has 0 aliphatic heterocycles. The summed E-state index contributed by atoms with van der Waals surface area (Å²) in [6.45, 7) is 6.44. The van der Waals surface area contributed by atoms with Gasteiger partial charge in [-0.2, -0.15) is 0 Å². The van der Waals surface area contributed by atoms with E-state index in [1.165, 1.54) is 16.7 Å². The third-order valence-corrected chi connectivity index (χ3v) is 5.60. The minimum atomic E-state index is -3.35. The molecule has 0 unspecified atom stereocenters. The molecule has 0 aromatic heterocycles. The second-order valence-corrected chi connectivity index (χ2v) is 9.01. The Hall–Kier alpha value is -1.85. The molecule has 0 aliphatic rings. The number of aryl methyl sites for hydroxylation is 2. The van der Waals surface area contributed by atoms with E-state index in [-0.39, 0.29) is 19.5 Å². The van der Waals surface area contributed by atoms with Crippen LogP contribution < -0.4 is 10.5 Å². The summed E-state index contributed by atoms with van der Waals surface area (Å²) in [6.07, 6.45) is 1.14. The van der Waals surface area contributed by atoms with Gasteiger partial charge in [0.2, 0.25) is 10.0 Å². The van der Waals surface area contributed by atoms with Crippen LogP contribution in [0.15, 0.2) is 78.9 Å². The van der Waals surface area contributed by atoms with Gasteiger partial charge < -0.3 is 5.73 Å². The third-order valence-electron chi connectivity index (χ3n) is 4.92. The first-order chi connectivity index (χ1) is 13.7. The normalized spacial score (nSPS) is 12.7. The summed E-state index contributed by atoms with van der Waals surface area (Å²) in [5.41, 5.74) is 12.2. The van der Waals surface area contributed by atoms with Gasteiger partial charge in [-0.15, -0.1) is 0 Å². The molecule has 3 aromatic rings. The Morgan fingerprint density at radius 3 is 1.57 bits per heavy atom. The number of benzene rings is 3. The van der Waals surface area contributed by atoms with Crippen molar-refractivity contribution in [3.63, 3.8) is 0 Å². The van der Waals surface area contributed by atoms with Crippen LogP contribution in [0.4, 0.5) is 0 Å². The molecule has 0 spiro atoms. The SMILES string of the molecule is CS(=O)(=O)N[C@@H](c1ccccc1)[C@@H](N)c1ccccc1.Cc1cccc(C)c1C.[Ru]. The molecule has 0 heterocycles. The largest absolute Gasteiger partial charge is 0.322 e. The Morgan fingerprint density at radius 2 is 1.17 bits per heavy atom. The molecule has 3 N–H and O–H groups in total. The van der Waals surface area contributed by atoms with E-state index in [1.807, 2.05) is 60.7 Å². The molecule has 0 saturated heterocycles. The third kappa shape index (κ3) is 8.12. The van der Waals surface area contributed by atoms with Gasteiger partial charge in [0.15, 0.2) is 0 Å². The van der Waals surface area contributed by atoms with Crippen LogP contribution in [0.3, 0.4) is 0 Å². The molecule has 162 valence electrons. The van der Waals surface area contributed by atoms with Crippen LogP contribution in [0.25, 0.3) is 0 Å². The van der Waals surface area contributed by atoms with Gasteiger partial charge in [0.25, 0.3) is 0 Å². The second-order valence-electron chi connectivity index (χ2n) is 7.23. The summed E-state index contributed by atoms with van der Waals surface area (Å²) >= 11 is 0. The van der Waals surface area contributed by atoms with Crippen LogP contribution in [0.1, 0.15) is 39.9 Å². The summed E-state index contributed by atoms with van der Waals surface area (Å²) in [6, 6.07) is 24.2. The maximum atomic E-state index is 11.6. The molecule has 0 radical (unpaired) electrons. The van der Waals surface area contributed by atoms with Crippen LogP contribution in [0.5, 0.6) is 0 Å². The van der Waals surface area contributed by atoms with Crippen LogP contribution >= 0.6 is 0 Å². The number of hydrogen-bond donors (Lipinski definition) is 2. The van der Waals surface area contributed by atoms with E-state index in [9.17, 15) is 8.42 Å². The van der Waals surface area contributed by atoms with E-state index < -0.39 is 22.1 Å². The summed E-state index contributed by atoms with van der Waals surface area (Å²) in [7, 11) is -3.35. The Morgan fingerprint density at radius 1 is 0.733 bits per heavy atom. The Balaban J connectivity index is 0.000000379. The van der Waals surface area contributed by atoms with E-state index in [2.05, 4.69) is 43.7 Å². The summed E-state index contributed by atoms with van der Waals surface area (Å²) in [5, 5.41) is 0. The zero-order valence-corrected chi connectivity index (χ0v) is 20.4. The molecule has 3 rings (SSSR count).